The molecule has 0 spiro atoms. The summed E-state index contributed by atoms with van der Waals surface area (Å²) in [7, 11) is 0. The van der Waals surface area contributed by atoms with Crippen molar-refractivity contribution < 1.29 is 14.2 Å². The number of ether oxygens (including phenoxy) is 1. The van der Waals surface area contributed by atoms with Crippen molar-refractivity contribution in [3.63, 3.8) is 0 Å². The van der Waals surface area contributed by atoms with Gasteiger partial charge in [0.15, 0.2) is 0 Å². The smallest absolute Gasteiger partial charge is 0.345 e. The molecule has 0 unspecified atom stereocenters. The van der Waals surface area contributed by atoms with Gasteiger partial charge in [-0.2, -0.15) is 9.72 Å². The number of para-hydroxylation sites is 2. The van der Waals surface area contributed by atoms with Gasteiger partial charge in [0.25, 0.3) is 29.1 Å². The van der Waals surface area contributed by atoms with E-state index in [0.717, 1.165) is 6.20 Å². The SMILES string of the molecule is CCO/C(=N\c1ncccn1)c1c[n+]([O-])c2ccccc2[n+]1[O-]. The van der Waals surface area contributed by atoms with E-state index in [0.29, 0.717) is 9.46 Å². The van der Waals surface area contributed by atoms with E-state index in [9.17, 15) is 10.4 Å². The summed E-state index contributed by atoms with van der Waals surface area (Å²) in [4.78, 5) is 12.1. The third-order valence-electron chi connectivity index (χ3n) is 3.05. The molecule has 3 rings (SSSR count). The van der Waals surface area contributed by atoms with Gasteiger partial charge in [0.05, 0.1) is 6.61 Å². The summed E-state index contributed by atoms with van der Waals surface area (Å²) in [6.45, 7) is 2.03. The Morgan fingerprint density at radius 2 is 1.83 bits per heavy atom. The van der Waals surface area contributed by atoms with Crippen LogP contribution in [0.2, 0.25) is 0 Å². The summed E-state index contributed by atoms with van der Waals surface area (Å²) in [6, 6.07) is 8.14. The summed E-state index contributed by atoms with van der Waals surface area (Å²) in [5.41, 5.74) is 0.479. The number of aromatic nitrogens is 4. The molecule has 0 aliphatic heterocycles. The van der Waals surface area contributed by atoms with E-state index < -0.39 is 0 Å². The second kappa shape index (κ2) is 6.22. The average Bonchev–Trinajstić information content (AvgIpc) is 2.59. The highest BCUT2D eigenvalue weighted by atomic mass is 16.5. The van der Waals surface area contributed by atoms with Crippen LogP contribution in [0, 0.1) is 10.4 Å². The van der Waals surface area contributed by atoms with Crippen molar-refractivity contribution in [2.45, 2.75) is 6.92 Å². The molecule has 2 aromatic heterocycles. The molecule has 0 bridgehead atoms. The van der Waals surface area contributed by atoms with Gasteiger partial charge in [-0.3, -0.25) is 0 Å². The fraction of sp³-hybridized carbons (Fsp3) is 0.133. The van der Waals surface area contributed by atoms with Gasteiger partial charge in [0.1, 0.15) is 0 Å². The zero-order valence-electron chi connectivity index (χ0n) is 12.3. The highest BCUT2D eigenvalue weighted by molar-refractivity contribution is 5.92. The number of aliphatic imine (C=N–C) groups is 1. The number of nitrogens with zero attached hydrogens (tertiary/aromatic N) is 5. The van der Waals surface area contributed by atoms with E-state index in [2.05, 4.69) is 15.0 Å². The van der Waals surface area contributed by atoms with Crippen molar-refractivity contribution in [3.05, 3.63) is 65.0 Å². The lowest BCUT2D eigenvalue weighted by Gasteiger charge is -2.09. The third kappa shape index (κ3) is 2.86. The molecule has 0 amide bonds. The zero-order valence-corrected chi connectivity index (χ0v) is 12.3. The quantitative estimate of drug-likeness (QED) is 0.311. The summed E-state index contributed by atoms with van der Waals surface area (Å²) < 4.78 is 6.64. The molecule has 0 aliphatic rings. The normalized spacial score (nSPS) is 11.6. The topological polar surface area (TPSA) is 101 Å². The summed E-state index contributed by atoms with van der Waals surface area (Å²) in [5, 5.41) is 24.7. The van der Waals surface area contributed by atoms with Crippen molar-refractivity contribution in [2.75, 3.05) is 6.61 Å². The van der Waals surface area contributed by atoms with Crippen molar-refractivity contribution >= 4 is 22.9 Å². The van der Waals surface area contributed by atoms with Gasteiger partial charge >= 0.3 is 5.69 Å². The Labute approximate surface area is 131 Å². The van der Waals surface area contributed by atoms with Gasteiger partial charge in [0.2, 0.25) is 0 Å². The van der Waals surface area contributed by atoms with Gasteiger partial charge in [-0.1, -0.05) is 12.1 Å². The second-order valence-electron chi connectivity index (χ2n) is 4.52. The molecule has 0 saturated heterocycles. The molecule has 1 aromatic carbocycles. The molecule has 3 aromatic rings. The number of benzene rings is 1. The van der Waals surface area contributed by atoms with Crippen LogP contribution in [-0.4, -0.2) is 22.5 Å². The molecule has 0 atom stereocenters. The first kappa shape index (κ1) is 14.6. The summed E-state index contributed by atoms with van der Waals surface area (Å²) >= 11 is 0. The first-order valence-electron chi connectivity index (χ1n) is 6.94. The molecule has 0 N–H and O–H groups in total. The van der Waals surface area contributed by atoms with E-state index in [-0.39, 0.29) is 35.2 Å². The van der Waals surface area contributed by atoms with Crippen LogP contribution in [0.1, 0.15) is 12.6 Å². The second-order valence-corrected chi connectivity index (χ2v) is 4.52. The van der Waals surface area contributed by atoms with Gasteiger partial charge in [0, 0.05) is 24.5 Å². The Morgan fingerprint density at radius 1 is 1.13 bits per heavy atom. The monoisotopic (exact) mass is 311 g/mol. The Balaban J connectivity index is 2.19. The first-order chi connectivity index (χ1) is 11.2. The lowest BCUT2D eigenvalue weighted by molar-refractivity contribution is -0.630. The molecular weight excluding hydrogens is 298 g/mol. The third-order valence-corrected chi connectivity index (χ3v) is 3.05. The molecular formula is C15H13N5O3. The minimum atomic E-state index is -0.0101. The molecule has 8 heteroatoms. The fourth-order valence-electron chi connectivity index (χ4n) is 2.07. The van der Waals surface area contributed by atoms with Gasteiger partial charge in [-0.05, 0) is 13.0 Å². The highest BCUT2D eigenvalue weighted by Gasteiger charge is 2.25. The standard InChI is InChI=1S/C15H13N5O3/c1-2-23-14(18-15-16-8-5-9-17-15)13-10-19(21)11-6-3-4-7-12(11)20(13)22/h3-10H,2H2,1H3/b18-14-. The van der Waals surface area contributed by atoms with Crippen LogP contribution in [-0.2, 0) is 4.74 Å². The molecule has 0 fully saturated rings. The van der Waals surface area contributed by atoms with Gasteiger partial charge < -0.3 is 15.2 Å². The Kier molecular flexibility index (Phi) is 3.96. The maximum atomic E-state index is 12.5. The van der Waals surface area contributed by atoms with E-state index >= 15 is 0 Å². The highest BCUT2D eigenvalue weighted by Crippen LogP contribution is 2.09. The zero-order chi connectivity index (χ0) is 16.2. The minimum Gasteiger partial charge on any atom is -0.618 e. The van der Waals surface area contributed by atoms with Crippen molar-refractivity contribution in [2.24, 2.45) is 4.99 Å². The Hall–Kier alpha value is -3.29. The number of hydrogen-bond acceptors (Lipinski definition) is 6. The first-order valence-corrected chi connectivity index (χ1v) is 6.94. The van der Waals surface area contributed by atoms with Crippen LogP contribution in [0.15, 0.2) is 53.9 Å². The van der Waals surface area contributed by atoms with Gasteiger partial charge in [-0.15, -0.1) is 4.73 Å². The number of fused-ring (bicyclic) bond motifs is 1. The average molecular weight is 311 g/mol. The molecule has 2 heterocycles. The van der Waals surface area contributed by atoms with E-state index in [1.165, 1.54) is 12.4 Å². The predicted molar refractivity (Wildman–Crippen MR) is 81.7 cm³/mol. The predicted octanol–water partition coefficient (Wildman–Crippen LogP) is 1.01. The number of rotatable bonds is 3. The summed E-state index contributed by atoms with van der Waals surface area (Å²) in [6.07, 6.45) is 4.18. The Morgan fingerprint density at radius 3 is 2.52 bits per heavy atom. The van der Waals surface area contributed by atoms with Crippen molar-refractivity contribution in [1.29, 1.82) is 0 Å². The van der Waals surface area contributed by atoms with E-state index in [4.69, 9.17) is 4.74 Å². The van der Waals surface area contributed by atoms with Crippen LogP contribution in [0.25, 0.3) is 11.0 Å². The summed E-state index contributed by atoms with van der Waals surface area (Å²) in [5.74, 6) is 0.130. The largest absolute Gasteiger partial charge is 0.618 e. The molecule has 0 radical (unpaired) electrons. The minimum absolute atomic E-state index is 0.00648. The molecule has 0 aliphatic carbocycles. The maximum absolute atomic E-state index is 12.5. The van der Waals surface area contributed by atoms with Crippen molar-refractivity contribution in [1.82, 2.24) is 9.97 Å². The van der Waals surface area contributed by atoms with E-state index in [1.54, 1.807) is 37.3 Å². The number of hydrogen-bond donors (Lipinski definition) is 0. The van der Waals surface area contributed by atoms with E-state index in [1.807, 2.05) is 0 Å². The fourth-order valence-corrected chi connectivity index (χ4v) is 2.07. The lowest BCUT2D eigenvalue weighted by Crippen LogP contribution is -2.43. The Bertz CT molecular complexity index is 868. The van der Waals surface area contributed by atoms with Gasteiger partial charge in [-0.25, -0.2) is 9.97 Å². The maximum Gasteiger partial charge on any atom is 0.345 e. The van der Waals surface area contributed by atoms with Crippen LogP contribution < -0.4 is 9.46 Å². The lowest BCUT2D eigenvalue weighted by atomic mass is 10.3. The van der Waals surface area contributed by atoms with Crippen LogP contribution in [0.4, 0.5) is 5.95 Å². The van der Waals surface area contributed by atoms with Crippen LogP contribution >= 0.6 is 0 Å². The molecule has 8 nitrogen and oxygen atoms in total. The molecule has 116 valence electrons. The molecule has 0 saturated carbocycles. The van der Waals surface area contributed by atoms with Crippen LogP contribution in [0.3, 0.4) is 0 Å². The van der Waals surface area contributed by atoms with Crippen molar-refractivity contribution in [3.8, 4) is 0 Å². The molecule has 23 heavy (non-hydrogen) atoms. The van der Waals surface area contributed by atoms with Crippen LogP contribution in [0.5, 0.6) is 0 Å².